The van der Waals surface area contributed by atoms with Crippen LogP contribution < -0.4 is 10.0 Å². The summed E-state index contributed by atoms with van der Waals surface area (Å²) in [5, 5.41) is 2.83. The van der Waals surface area contributed by atoms with E-state index >= 15 is 0 Å². The quantitative estimate of drug-likeness (QED) is 0.825. The largest absolute Gasteiger partial charge is 0.468 e. The van der Waals surface area contributed by atoms with E-state index in [0.717, 1.165) is 5.56 Å². The highest BCUT2D eigenvalue weighted by Gasteiger charge is 2.26. The summed E-state index contributed by atoms with van der Waals surface area (Å²) in [5.74, 6) is 0.125. The molecule has 136 valence electrons. The lowest BCUT2D eigenvalue weighted by molar-refractivity contribution is -0.123. The minimum Gasteiger partial charge on any atom is -0.468 e. The van der Waals surface area contributed by atoms with Crippen molar-refractivity contribution in [1.82, 2.24) is 10.0 Å². The fraction of sp³-hybridized carbons (Fsp3) is 0.389. The number of carbonyl (C=O) groups is 1. The predicted octanol–water partition coefficient (Wildman–Crippen LogP) is 2.91. The number of sulfonamides is 1. The van der Waals surface area contributed by atoms with Gasteiger partial charge < -0.3 is 9.73 Å². The Morgan fingerprint density at radius 2 is 1.80 bits per heavy atom. The van der Waals surface area contributed by atoms with Gasteiger partial charge in [-0.1, -0.05) is 17.7 Å². The molecule has 1 aromatic heterocycles. The molecule has 0 fully saturated rings. The molecule has 25 heavy (non-hydrogen) atoms. The molecule has 2 aromatic rings. The lowest BCUT2D eigenvalue weighted by Gasteiger charge is -2.23. The maximum Gasteiger partial charge on any atom is 0.241 e. The van der Waals surface area contributed by atoms with Gasteiger partial charge in [0.15, 0.2) is 0 Å². The van der Waals surface area contributed by atoms with Gasteiger partial charge in [0.05, 0.1) is 23.6 Å². The van der Waals surface area contributed by atoms with Gasteiger partial charge in [-0.05, 0) is 52.0 Å². The lowest BCUT2D eigenvalue weighted by atomic mass is 10.1. The van der Waals surface area contributed by atoms with Crippen molar-refractivity contribution in [2.45, 2.75) is 50.6 Å². The molecule has 1 heterocycles. The number of nitrogens with one attached hydrogen (secondary N) is 2. The van der Waals surface area contributed by atoms with Crippen LogP contribution in [0, 0.1) is 6.92 Å². The molecule has 2 N–H and O–H groups in total. The minimum absolute atomic E-state index is 0.0596. The van der Waals surface area contributed by atoms with E-state index in [-0.39, 0.29) is 17.2 Å². The van der Waals surface area contributed by atoms with Crippen LogP contribution in [-0.4, -0.2) is 19.9 Å². The van der Waals surface area contributed by atoms with Crippen LogP contribution in [0.25, 0.3) is 0 Å². The zero-order valence-electron chi connectivity index (χ0n) is 14.9. The maximum atomic E-state index is 12.6. The average Bonchev–Trinajstić information content (AvgIpc) is 2.99. The fourth-order valence-corrected chi connectivity index (χ4v) is 3.52. The zero-order valence-corrected chi connectivity index (χ0v) is 15.7. The molecule has 1 atom stereocenters. The standard InChI is InChI=1S/C18H24N2O4S/c1-13-7-9-14(10-8-13)25(22,23)20-15(16-6-5-11-24-16)12-17(21)19-18(2,3)4/h5-11,15,20H,12H2,1-4H3,(H,19,21)/t15-/m1/s1. The second kappa shape index (κ2) is 7.41. The highest BCUT2D eigenvalue weighted by Crippen LogP contribution is 2.21. The minimum atomic E-state index is -3.78. The molecule has 1 aromatic carbocycles. The Morgan fingerprint density at radius 3 is 2.32 bits per heavy atom. The van der Waals surface area contributed by atoms with E-state index < -0.39 is 21.6 Å². The Kier molecular flexibility index (Phi) is 5.69. The van der Waals surface area contributed by atoms with Crippen LogP contribution in [0.15, 0.2) is 52.0 Å². The third-order valence-corrected chi connectivity index (χ3v) is 4.91. The summed E-state index contributed by atoms with van der Waals surface area (Å²) in [5.41, 5.74) is 0.562. The van der Waals surface area contributed by atoms with Crippen molar-refractivity contribution < 1.29 is 17.6 Å². The van der Waals surface area contributed by atoms with Gasteiger partial charge in [-0.25, -0.2) is 8.42 Å². The molecular formula is C18H24N2O4S. The van der Waals surface area contributed by atoms with Crippen LogP contribution in [0.1, 0.15) is 44.6 Å². The first-order valence-corrected chi connectivity index (χ1v) is 9.48. The molecule has 0 aliphatic rings. The average molecular weight is 364 g/mol. The second-order valence-corrected chi connectivity index (χ2v) is 8.72. The summed E-state index contributed by atoms with van der Waals surface area (Å²) >= 11 is 0. The van der Waals surface area contributed by atoms with Crippen LogP contribution in [0.5, 0.6) is 0 Å². The zero-order chi connectivity index (χ0) is 18.7. The fourth-order valence-electron chi connectivity index (χ4n) is 2.32. The van der Waals surface area contributed by atoms with Gasteiger partial charge in [-0.3, -0.25) is 4.79 Å². The highest BCUT2D eigenvalue weighted by atomic mass is 32.2. The molecule has 6 nitrogen and oxygen atoms in total. The molecule has 0 aliphatic carbocycles. The van der Waals surface area contributed by atoms with Crippen molar-refractivity contribution in [2.24, 2.45) is 0 Å². The molecule has 0 saturated carbocycles. The number of benzene rings is 1. The molecule has 0 radical (unpaired) electrons. The summed E-state index contributed by atoms with van der Waals surface area (Å²) in [7, 11) is -3.78. The Hall–Kier alpha value is -2.12. The lowest BCUT2D eigenvalue weighted by Crippen LogP contribution is -2.42. The molecule has 0 spiro atoms. The molecule has 0 aliphatic heterocycles. The van der Waals surface area contributed by atoms with Crippen LogP contribution in [0.3, 0.4) is 0 Å². The summed E-state index contributed by atoms with van der Waals surface area (Å²) in [4.78, 5) is 12.4. The number of hydrogen-bond donors (Lipinski definition) is 2. The van der Waals surface area contributed by atoms with Crippen LogP contribution in [0.2, 0.25) is 0 Å². The van der Waals surface area contributed by atoms with Gasteiger partial charge in [0, 0.05) is 5.54 Å². The first-order valence-electron chi connectivity index (χ1n) is 8.00. The van der Waals surface area contributed by atoms with Crippen molar-refractivity contribution in [1.29, 1.82) is 0 Å². The number of hydrogen-bond acceptors (Lipinski definition) is 4. The van der Waals surface area contributed by atoms with Gasteiger partial charge in [-0.2, -0.15) is 4.72 Å². The number of rotatable bonds is 6. The van der Waals surface area contributed by atoms with Crippen LogP contribution in [0.4, 0.5) is 0 Å². The molecule has 1 amide bonds. The summed E-state index contributed by atoms with van der Waals surface area (Å²) < 4.78 is 33.1. The van der Waals surface area contributed by atoms with E-state index in [0.29, 0.717) is 5.76 Å². The summed E-state index contributed by atoms with van der Waals surface area (Å²) in [6.45, 7) is 7.47. The van der Waals surface area contributed by atoms with Gasteiger partial charge in [0.1, 0.15) is 5.76 Å². The first kappa shape index (κ1) is 19.2. The normalized spacial score (nSPS) is 13.4. The van der Waals surface area contributed by atoms with Crippen LogP contribution in [-0.2, 0) is 14.8 Å². The van der Waals surface area contributed by atoms with Gasteiger partial charge in [0.25, 0.3) is 0 Å². The SMILES string of the molecule is Cc1ccc(S(=O)(=O)N[C@H](CC(=O)NC(C)(C)C)c2ccco2)cc1. The van der Waals surface area contributed by atoms with Crippen molar-refractivity contribution in [2.75, 3.05) is 0 Å². The molecule has 7 heteroatoms. The van der Waals surface area contributed by atoms with Crippen molar-refractivity contribution in [3.8, 4) is 0 Å². The molecule has 0 bridgehead atoms. The number of carbonyl (C=O) groups excluding carboxylic acids is 1. The Labute approximate surface area is 148 Å². The van der Waals surface area contributed by atoms with E-state index in [1.807, 2.05) is 27.7 Å². The maximum absolute atomic E-state index is 12.6. The van der Waals surface area contributed by atoms with Gasteiger partial charge in [-0.15, -0.1) is 0 Å². The summed E-state index contributed by atoms with van der Waals surface area (Å²) in [6, 6.07) is 9.03. The van der Waals surface area contributed by atoms with Crippen molar-refractivity contribution in [3.05, 3.63) is 54.0 Å². The van der Waals surface area contributed by atoms with E-state index in [2.05, 4.69) is 10.0 Å². The van der Waals surface area contributed by atoms with E-state index in [4.69, 9.17) is 4.42 Å². The summed E-state index contributed by atoms with van der Waals surface area (Å²) in [6.07, 6.45) is 1.39. The van der Waals surface area contributed by atoms with E-state index in [1.54, 1.807) is 24.3 Å². The first-order chi connectivity index (χ1) is 11.6. The predicted molar refractivity (Wildman–Crippen MR) is 95.5 cm³/mol. The van der Waals surface area contributed by atoms with Gasteiger partial charge in [0.2, 0.25) is 15.9 Å². The Morgan fingerprint density at radius 1 is 1.16 bits per heavy atom. The van der Waals surface area contributed by atoms with E-state index in [1.165, 1.54) is 18.4 Å². The third kappa shape index (κ3) is 5.72. The van der Waals surface area contributed by atoms with Crippen molar-refractivity contribution in [3.63, 3.8) is 0 Å². The van der Waals surface area contributed by atoms with Crippen LogP contribution >= 0.6 is 0 Å². The van der Waals surface area contributed by atoms with Gasteiger partial charge >= 0.3 is 0 Å². The second-order valence-electron chi connectivity index (χ2n) is 7.00. The highest BCUT2D eigenvalue weighted by molar-refractivity contribution is 7.89. The molecule has 0 unspecified atom stereocenters. The third-order valence-electron chi connectivity index (χ3n) is 3.42. The van der Waals surface area contributed by atoms with E-state index in [9.17, 15) is 13.2 Å². The molecule has 2 rings (SSSR count). The smallest absolute Gasteiger partial charge is 0.241 e. The number of aryl methyl sites for hydroxylation is 1. The number of furan rings is 1. The van der Waals surface area contributed by atoms with Crippen molar-refractivity contribution >= 4 is 15.9 Å². The monoisotopic (exact) mass is 364 g/mol. The Balaban J connectivity index is 2.22. The topological polar surface area (TPSA) is 88.4 Å². The Bertz CT molecular complexity index is 804. The number of amides is 1. The molecule has 0 saturated heterocycles. The molecular weight excluding hydrogens is 340 g/mol.